The van der Waals surface area contributed by atoms with Gasteiger partial charge < -0.3 is 4.90 Å². The summed E-state index contributed by atoms with van der Waals surface area (Å²) in [6.45, 7) is 6.39. The second kappa shape index (κ2) is 10.9. The summed E-state index contributed by atoms with van der Waals surface area (Å²) in [4.78, 5) is 34.8. The van der Waals surface area contributed by atoms with Crippen molar-refractivity contribution >= 4 is 16.8 Å². The molecule has 0 bridgehead atoms. The largest absolute Gasteiger partial charge is 0.328 e. The van der Waals surface area contributed by atoms with E-state index in [4.69, 9.17) is 4.98 Å². The molecule has 38 heavy (non-hydrogen) atoms. The summed E-state index contributed by atoms with van der Waals surface area (Å²) in [5.41, 5.74) is 4.96. The molecule has 4 aromatic carbocycles. The number of carbonyl (C=O) groups is 1. The lowest BCUT2D eigenvalue weighted by Crippen LogP contribution is -2.39. The first kappa shape index (κ1) is 25.2. The van der Waals surface area contributed by atoms with Gasteiger partial charge in [-0.15, -0.1) is 0 Å². The molecule has 0 spiro atoms. The SMILES string of the molecule is Cc1cccc(-n2c(C(C)N(CCc3ccccc3)C(=O)c3ccccc3C)nc3ccccc3c2=O)c1. The second-order valence-electron chi connectivity index (χ2n) is 9.69. The summed E-state index contributed by atoms with van der Waals surface area (Å²) in [7, 11) is 0. The van der Waals surface area contributed by atoms with Crippen LogP contribution in [0.3, 0.4) is 0 Å². The van der Waals surface area contributed by atoms with Crippen LogP contribution in [-0.4, -0.2) is 26.9 Å². The predicted octanol–water partition coefficient (Wildman–Crippen LogP) is 6.45. The van der Waals surface area contributed by atoms with Crippen molar-refractivity contribution in [2.75, 3.05) is 6.54 Å². The van der Waals surface area contributed by atoms with Gasteiger partial charge in [0.25, 0.3) is 11.5 Å². The molecule has 1 atom stereocenters. The quantitative estimate of drug-likeness (QED) is 0.258. The van der Waals surface area contributed by atoms with E-state index in [0.29, 0.717) is 35.3 Å². The molecule has 5 aromatic rings. The summed E-state index contributed by atoms with van der Waals surface area (Å²) < 4.78 is 1.67. The number of nitrogens with zero attached hydrogens (tertiary/aromatic N) is 3. The number of aryl methyl sites for hydroxylation is 2. The van der Waals surface area contributed by atoms with Crippen LogP contribution >= 0.6 is 0 Å². The molecule has 0 aliphatic rings. The van der Waals surface area contributed by atoms with E-state index in [0.717, 1.165) is 22.4 Å². The first-order valence-corrected chi connectivity index (χ1v) is 12.9. The van der Waals surface area contributed by atoms with Gasteiger partial charge in [-0.25, -0.2) is 4.98 Å². The summed E-state index contributed by atoms with van der Waals surface area (Å²) in [6, 6.07) is 32.5. The molecule has 5 rings (SSSR count). The molecule has 5 nitrogen and oxygen atoms in total. The highest BCUT2D eigenvalue weighted by molar-refractivity contribution is 5.96. The highest BCUT2D eigenvalue weighted by Crippen LogP contribution is 2.26. The fourth-order valence-electron chi connectivity index (χ4n) is 4.92. The van der Waals surface area contributed by atoms with E-state index in [1.165, 1.54) is 0 Å². The Balaban J connectivity index is 1.67. The Kier molecular flexibility index (Phi) is 7.18. The number of fused-ring (bicyclic) bond motifs is 1. The standard InChI is InChI=1S/C33H31N3O2/c1-23-12-11-16-27(22-23)36-31(34-30-19-10-9-18-29(30)33(36)38)25(3)35(21-20-26-14-5-4-6-15-26)32(37)28-17-8-7-13-24(28)2/h4-19,22,25H,20-21H2,1-3H3. The maximum Gasteiger partial charge on any atom is 0.266 e. The first-order chi connectivity index (χ1) is 18.4. The van der Waals surface area contributed by atoms with Crippen molar-refractivity contribution in [3.8, 4) is 5.69 Å². The Morgan fingerprint density at radius 2 is 1.58 bits per heavy atom. The van der Waals surface area contributed by atoms with Gasteiger partial charge in [-0.05, 0) is 74.2 Å². The molecule has 0 radical (unpaired) electrons. The molecular formula is C33H31N3O2. The molecule has 190 valence electrons. The van der Waals surface area contributed by atoms with E-state index in [1.807, 2.05) is 111 Å². The van der Waals surface area contributed by atoms with E-state index in [9.17, 15) is 9.59 Å². The summed E-state index contributed by atoms with van der Waals surface area (Å²) in [6.07, 6.45) is 0.686. The van der Waals surface area contributed by atoms with Crippen molar-refractivity contribution in [3.63, 3.8) is 0 Å². The van der Waals surface area contributed by atoms with E-state index in [-0.39, 0.29) is 11.5 Å². The molecule has 1 unspecified atom stereocenters. The molecule has 1 amide bonds. The van der Waals surface area contributed by atoms with Crippen LogP contribution < -0.4 is 5.56 Å². The van der Waals surface area contributed by atoms with Crippen LogP contribution in [0.5, 0.6) is 0 Å². The number of hydrogen-bond donors (Lipinski definition) is 0. The van der Waals surface area contributed by atoms with Crippen LogP contribution in [0.4, 0.5) is 0 Å². The smallest absolute Gasteiger partial charge is 0.266 e. The zero-order chi connectivity index (χ0) is 26.6. The highest BCUT2D eigenvalue weighted by atomic mass is 16.2. The van der Waals surface area contributed by atoms with E-state index >= 15 is 0 Å². The Morgan fingerprint density at radius 3 is 2.34 bits per heavy atom. The highest BCUT2D eigenvalue weighted by Gasteiger charge is 2.28. The molecule has 0 aliphatic heterocycles. The Labute approximate surface area is 223 Å². The van der Waals surface area contributed by atoms with Gasteiger partial charge >= 0.3 is 0 Å². The minimum Gasteiger partial charge on any atom is -0.328 e. The van der Waals surface area contributed by atoms with Crippen LogP contribution in [0.25, 0.3) is 16.6 Å². The lowest BCUT2D eigenvalue weighted by atomic mass is 10.0. The maximum atomic E-state index is 14.1. The van der Waals surface area contributed by atoms with Gasteiger partial charge in [0.05, 0.1) is 22.6 Å². The van der Waals surface area contributed by atoms with Gasteiger partial charge in [-0.1, -0.05) is 72.8 Å². The minimum atomic E-state index is -0.469. The van der Waals surface area contributed by atoms with Gasteiger partial charge in [-0.2, -0.15) is 0 Å². The third kappa shape index (κ3) is 5.00. The normalized spacial score (nSPS) is 11.9. The van der Waals surface area contributed by atoms with Crippen molar-refractivity contribution in [3.05, 3.63) is 142 Å². The fourth-order valence-corrected chi connectivity index (χ4v) is 4.92. The Hall–Kier alpha value is -4.51. The maximum absolute atomic E-state index is 14.1. The zero-order valence-electron chi connectivity index (χ0n) is 22.0. The van der Waals surface area contributed by atoms with Crippen molar-refractivity contribution in [1.82, 2.24) is 14.5 Å². The van der Waals surface area contributed by atoms with E-state index < -0.39 is 6.04 Å². The average Bonchev–Trinajstić information content (AvgIpc) is 2.93. The monoisotopic (exact) mass is 501 g/mol. The third-order valence-corrected chi connectivity index (χ3v) is 7.02. The molecule has 0 saturated heterocycles. The summed E-state index contributed by atoms with van der Waals surface area (Å²) in [5, 5.41) is 0.547. The number of hydrogen-bond acceptors (Lipinski definition) is 3. The number of rotatable bonds is 7. The predicted molar refractivity (Wildman–Crippen MR) is 153 cm³/mol. The molecular weight excluding hydrogens is 470 g/mol. The first-order valence-electron chi connectivity index (χ1n) is 12.9. The molecule has 1 heterocycles. The number of benzene rings is 4. The van der Waals surface area contributed by atoms with E-state index in [2.05, 4.69) is 12.1 Å². The van der Waals surface area contributed by atoms with Crippen molar-refractivity contribution in [1.29, 1.82) is 0 Å². The topological polar surface area (TPSA) is 55.2 Å². The van der Waals surface area contributed by atoms with Gasteiger partial charge in [0.15, 0.2) is 0 Å². The molecule has 0 saturated carbocycles. The summed E-state index contributed by atoms with van der Waals surface area (Å²) >= 11 is 0. The van der Waals surface area contributed by atoms with Crippen LogP contribution in [0.15, 0.2) is 108 Å². The Bertz CT molecular complexity index is 1660. The Morgan fingerprint density at radius 1 is 0.868 bits per heavy atom. The van der Waals surface area contributed by atoms with Gasteiger partial charge in [0.2, 0.25) is 0 Å². The third-order valence-electron chi connectivity index (χ3n) is 7.02. The zero-order valence-corrected chi connectivity index (χ0v) is 22.0. The minimum absolute atomic E-state index is 0.0790. The van der Waals surface area contributed by atoms with Crippen LogP contribution in [0.2, 0.25) is 0 Å². The van der Waals surface area contributed by atoms with Crippen molar-refractivity contribution in [2.45, 2.75) is 33.2 Å². The average molecular weight is 502 g/mol. The van der Waals surface area contributed by atoms with E-state index in [1.54, 1.807) is 10.6 Å². The number of aromatic nitrogens is 2. The van der Waals surface area contributed by atoms with Gasteiger partial charge in [0, 0.05) is 12.1 Å². The lowest BCUT2D eigenvalue weighted by Gasteiger charge is -2.31. The number of carbonyl (C=O) groups excluding carboxylic acids is 1. The summed E-state index contributed by atoms with van der Waals surface area (Å²) in [5.74, 6) is 0.457. The second-order valence-corrected chi connectivity index (χ2v) is 9.69. The van der Waals surface area contributed by atoms with Crippen LogP contribution in [-0.2, 0) is 6.42 Å². The fraction of sp³-hybridized carbons (Fsp3) is 0.182. The van der Waals surface area contributed by atoms with Crippen LogP contribution in [0, 0.1) is 13.8 Å². The lowest BCUT2D eigenvalue weighted by molar-refractivity contribution is 0.0683. The molecule has 5 heteroatoms. The van der Waals surface area contributed by atoms with Crippen molar-refractivity contribution < 1.29 is 4.79 Å². The van der Waals surface area contributed by atoms with Crippen molar-refractivity contribution in [2.24, 2.45) is 0 Å². The molecule has 0 N–H and O–H groups in total. The van der Waals surface area contributed by atoms with Gasteiger partial charge in [0.1, 0.15) is 5.82 Å². The molecule has 1 aromatic heterocycles. The molecule has 0 aliphatic carbocycles. The van der Waals surface area contributed by atoms with Crippen LogP contribution in [0.1, 0.15) is 45.8 Å². The molecule has 0 fully saturated rings. The number of para-hydroxylation sites is 1. The van der Waals surface area contributed by atoms with Gasteiger partial charge in [-0.3, -0.25) is 14.2 Å². The number of amides is 1.